The molecule has 0 bridgehead atoms. The first-order valence-corrected chi connectivity index (χ1v) is 11.5. The Bertz CT molecular complexity index is 1130. The van der Waals surface area contributed by atoms with E-state index in [1.54, 1.807) is 11.9 Å². The molecule has 0 aliphatic carbocycles. The predicted molar refractivity (Wildman–Crippen MR) is 135 cm³/mol. The molecule has 2 amide bonds. The van der Waals surface area contributed by atoms with E-state index in [-0.39, 0.29) is 18.0 Å². The van der Waals surface area contributed by atoms with Crippen LogP contribution < -0.4 is 15.5 Å². The minimum Gasteiger partial charge on any atom is -0.352 e. The molecule has 1 aromatic heterocycles. The van der Waals surface area contributed by atoms with Crippen molar-refractivity contribution in [2.45, 2.75) is 52.2 Å². The quantitative estimate of drug-likeness (QED) is 0.343. The number of hydrogen-bond acceptors (Lipinski definition) is 4. The molecule has 0 aliphatic rings. The Kier molecular flexibility index (Phi) is 8.42. The fourth-order valence-corrected chi connectivity index (χ4v) is 4.05. The summed E-state index contributed by atoms with van der Waals surface area (Å²) in [6.45, 7) is 6.15. The van der Waals surface area contributed by atoms with Gasteiger partial charge in [0.2, 0.25) is 12.3 Å². The lowest BCUT2D eigenvalue weighted by Crippen LogP contribution is -2.44. The number of nitrogens with one attached hydrogen (secondary N) is 2. The summed E-state index contributed by atoms with van der Waals surface area (Å²) < 4.78 is 0. The van der Waals surface area contributed by atoms with Crippen molar-refractivity contribution in [3.63, 3.8) is 0 Å². The van der Waals surface area contributed by atoms with Gasteiger partial charge in [0.25, 0.3) is 0 Å². The van der Waals surface area contributed by atoms with Gasteiger partial charge in [-0.25, -0.2) is 4.98 Å². The molecule has 3 aromatic rings. The van der Waals surface area contributed by atoms with Gasteiger partial charge in [0.15, 0.2) is 0 Å². The van der Waals surface area contributed by atoms with Crippen molar-refractivity contribution in [2.24, 2.45) is 0 Å². The van der Waals surface area contributed by atoms with Crippen LogP contribution in [0.3, 0.4) is 0 Å². The normalized spacial score (nSPS) is 12.9. The van der Waals surface area contributed by atoms with Gasteiger partial charge in [0.05, 0.1) is 18.1 Å². The molecule has 33 heavy (non-hydrogen) atoms. The Morgan fingerprint density at radius 2 is 1.85 bits per heavy atom. The number of carbonyl (C=O) groups excluding carboxylic acids is 2. The van der Waals surface area contributed by atoms with Gasteiger partial charge in [-0.3, -0.25) is 9.59 Å². The minimum absolute atomic E-state index is 0.0104. The van der Waals surface area contributed by atoms with E-state index in [4.69, 9.17) is 11.6 Å². The van der Waals surface area contributed by atoms with Crippen LogP contribution in [-0.2, 0) is 22.6 Å². The predicted octanol–water partition coefficient (Wildman–Crippen LogP) is 4.40. The number of rotatable bonds is 10. The van der Waals surface area contributed by atoms with Crippen molar-refractivity contribution >= 4 is 40.5 Å². The number of carbonyl (C=O) groups is 2. The van der Waals surface area contributed by atoms with E-state index in [0.717, 1.165) is 52.5 Å². The summed E-state index contributed by atoms with van der Waals surface area (Å²) in [5.74, 6) is -0.0234. The van der Waals surface area contributed by atoms with Gasteiger partial charge in [-0.15, -0.1) is 0 Å². The fourth-order valence-electron chi connectivity index (χ4n) is 3.84. The monoisotopic (exact) mass is 466 g/mol. The lowest BCUT2D eigenvalue weighted by Gasteiger charge is -2.24. The molecule has 2 aromatic carbocycles. The number of para-hydroxylation sites is 2. The number of likely N-dealkylation sites (N-methyl/N-ethyl adjacent to an activating group) is 1. The van der Waals surface area contributed by atoms with Crippen LogP contribution in [0.15, 0.2) is 48.5 Å². The maximum atomic E-state index is 12.2. The Morgan fingerprint density at radius 1 is 1.15 bits per heavy atom. The van der Waals surface area contributed by atoms with E-state index >= 15 is 0 Å². The van der Waals surface area contributed by atoms with Crippen LogP contribution in [0.2, 0.25) is 5.15 Å². The van der Waals surface area contributed by atoms with Gasteiger partial charge in [0.1, 0.15) is 5.15 Å². The molecule has 1 heterocycles. The first kappa shape index (κ1) is 24.7. The van der Waals surface area contributed by atoms with E-state index in [9.17, 15) is 9.59 Å². The second-order valence-corrected chi connectivity index (χ2v) is 8.70. The first-order valence-electron chi connectivity index (χ1n) is 11.2. The van der Waals surface area contributed by atoms with Gasteiger partial charge in [0, 0.05) is 17.1 Å². The number of nitrogens with zero attached hydrogens (tertiary/aromatic N) is 2. The third kappa shape index (κ3) is 5.89. The number of pyridine rings is 1. The van der Waals surface area contributed by atoms with Crippen molar-refractivity contribution in [1.82, 2.24) is 15.6 Å². The van der Waals surface area contributed by atoms with Crippen molar-refractivity contribution in [2.75, 3.05) is 11.9 Å². The van der Waals surface area contributed by atoms with Crippen LogP contribution in [0.5, 0.6) is 0 Å². The molecule has 174 valence electrons. The van der Waals surface area contributed by atoms with Crippen molar-refractivity contribution < 1.29 is 9.59 Å². The van der Waals surface area contributed by atoms with Crippen molar-refractivity contribution in [3.05, 3.63) is 70.4 Å². The first-order chi connectivity index (χ1) is 15.8. The topological polar surface area (TPSA) is 74.3 Å². The highest BCUT2D eigenvalue weighted by Crippen LogP contribution is 2.29. The number of fused-ring (bicyclic) bond motifs is 1. The van der Waals surface area contributed by atoms with Gasteiger partial charge < -0.3 is 15.5 Å². The van der Waals surface area contributed by atoms with Crippen LogP contribution in [-0.4, -0.2) is 36.4 Å². The SMILES string of the molecule is CN[C@@H](C)C(=O)NC(C)CCc1ccccc1N(C=O)Cc1c(C)c(Cl)nc2ccccc12. The van der Waals surface area contributed by atoms with E-state index in [0.29, 0.717) is 11.7 Å². The van der Waals surface area contributed by atoms with Crippen LogP contribution >= 0.6 is 11.6 Å². The Morgan fingerprint density at radius 3 is 2.58 bits per heavy atom. The minimum atomic E-state index is -0.240. The average molecular weight is 467 g/mol. The Hall–Kier alpha value is -2.96. The van der Waals surface area contributed by atoms with Gasteiger partial charge >= 0.3 is 0 Å². The largest absolute Gasteiger partial charge is 0.352 e. The molecule has 6 nitrogen and oxygen atoms in total. The average Bonchev–Trinajstić information content (AvgIpc) is 2.83. The highest BCUT2D eigenvalue weighted by atomic mass is 35.5. The molecule has 1 unspecified atom stereocenters. The number of anilines is 1. The van der Waals surface area contributed by atoms with Crippen molar-refractivity contribution in [1.29, 1.82) is 0 Å². The summed E-state index contributed by atoms with van der Waals surface area (Å²) in [7, 11) is 1.76. The van der Waals surface area contributed by atoms with Crippen LogP contribution in [0, 0.1) is 6.92 Å². The van der Waals surface area contributed by atoms with E-state index < -0.39 is 0 Å². The van der Waals surface area contributed by atoms with Gasteiger partial charge in [-0.05, 0) is 69.5 Å². The third-order valence-electron chi connectivity index (χ3n) is 6.03. The van der Waals surface area contributed by atoms with E-state index in [1.807, 2.05) is 69.3 Å². The molecule has 0 radical (unpaired) electrons. The number of hydrogen-bond donors (Lipinski definition) is 2. The van der Waals surface area contributed by atoms with Gasteiger partial charge in [-0.2, -0.15) is 0 Å². The summed E-state index contributed by atoms with van der Waals surface area (Å²) in [6, 6.07) is 15.5. The number of aryl methyl sites for hydroxylation is 1. The molecule has 2 atom stereocenters. The number of amides is 2. The van der Waals surface area contributed by atoms with Crippen LogP contribution in [0.25, 0.3) is 10.9 Å². The zero-order chi connectivity index (χ0) is 24.0. The summed E-state index contributed by atoms with van der Waals surface area (Å²) in [5, 5.41) is 7.41. The summed E-state index contributed by atoms with van der Waals surface area (Å²) in [6.07, 6.45) is 2.35. The molecule has 7 heteroatoms. The summed E-state index contributed by atoms with van der Waals surface area (Å²) >= 11 is 6.40. The molecular formula is C26H31ClN4O2. The standard InChI is InChI=1S/C26H31ClN4O2/c1-17(29-26(33)19(3)28-4)13-14-20-9-5-8-12-24(20)31(16-32)15-22-18(2)25(27)30-23-11-7-6-10-21(22)23/h5-12,16-17,19,28H,13-15H2,1-4H3,(H,29,33)/t17?,19-/m0/s1. The molecule has 0 saturated heterocycles. The summed E-state index contributed by atoms with van der Waals surface area (Å²) in [4.78, 5) is 30.5. The zero-order valence-electron chi connectivity index (χ0n) is 19.6. The molecule has 0 spiro atoms. The molecule has 2 N–H and O–H groups in total. The zero-order valence-corrected chi connectivity index (χ0v) is 20.3. The highest BCUT2D eigenvalue weighted by Gasteiger charge is 2.18. The molecular weight excluding hydrogens is 436 g/mol. The molecule has 3 rings (SSSR count). The lowest BCUT2D eigenvalue weighted by molar-refractivity contribution is -0.123. The maximum absolute atomic E-state index is 12.2. The van der Waals surface area contributed by atoms with Gasteiger partial charge in [-0.1, -0.05) is 48.0 Å². The third-order valence-corrected chi connectivity index (χ3v) is 6.40. The second-order valence-electron chi connectivity index (χ2n) is 8.34. The van der Waals surface area contributed by atoms with E-state index in [1.165, 1.54) is 0 Å². The molecule has 0 fully saturated rings. The van der Waals surface area contributed by atoms with E-state index in [2.05, 4.69) is 15.6 Å². The number of halogens is 1. The van der Waals surface area contributed by atoms with Crippen LogP contribution in [0.1, 0.15) is 37.0 Å². The smallest absolute Gasteiger partial charge is 0.237 e. The second kappa shape index (κ2) is 11.3. The van der Waals surface area contributed by atoms with Crippen LogP contribution in [0.4, 0.5) is 5.69 Å². The fraction of sp³-hybridized carbons (Fsp3) is 0.346. The maximum Gasteiger partial charge on any atom is 0.237 e. The number of aromatic nitrogens is 1. The molecule has 0 saturated carbocycles. The summed E-state index contributed by atoms with van der Waals surface area (Å²) in [5.41, 5.74) is 4.56. The Labute approximate surface area is 200 Å². The van der Waals surface area contributed by atoms with Crippen molar-refractivity contribution in [3.8, 4) is 0 Å². The lowest BCUT2D eigenvalue weighted by atomic mass is 10.0. The number of benzene rings is 2. The Balaban J connectivity index is 1.82. The molecule has 0 aliphatic heterocycles. The highest BCUT2D eigenvalue weighted by molar-refractivity contribution is 6.30.